The lowest BCUT2D eigenvalue weighted by Gasteiger charge is -2.36. The average Bonchev–Trinajstić information content (AvgIpc) is 2.73. The third kappa shape index (κ3) is 4.93. The van der Waals surface area contributed by atoms with E-state index in [4.69, 9.17) is 9.47 Å². The zero-order valence-corrected chi connectivity index (χ0v) is 16.9. The Hall–Kier alpha value is -2.33. The van der Waals surface area contributed by atoms with Gasteiger partial charge in [-0.15, -0.1) is 0 Å². The van der Waals surface area contributed by atoms with Gasteiger partial charge in [-0.2, -0.15) is 0 Å². The van der Waals surface area contributed by atoms with Gasteiger partial charge in [0.25, 0.3) is 0 Å². The fraction of sp³-hybridized carbons (Fsp3) is 0.458. The highest BCUT2D eigenvalue weighted by molar-refractivity contribution is 5.88. The largest absolute Gasteiger partial charge is 0.493 e. The smallest absolute Gasteiger partial charge is 0.231 e. The molecule has 0 unspecified atom stereocenters. The van der Waals surface area contributed by atoms with Crippen LogP contribution in [0.4, 0.5) is 0 Å². The van der Waals surface area contributed by atoms with Crippen LogP contribution in [0.3, 0.4) is 0 Å². The molecule has 1 amide bonds. The van der Waals surface area contributed by atoms with Gasteiger partial charge in [-0.25, -0.2) is 0 Å². The van der Waals surface area contributed by atoms with Crippen LogP contribution in [0.25, 0.3) is 0 Å². The van der Waals surface area contributed by atoms with Crippen LogP contribution in [-0.2, 0) is 21.5 Å². The van der Waals surface area contributed by atoms with Crippen LogP contribution in [0, 0.1) is 5.92 Å². The molecule has 0 bridgehead atoms. The van der Waals surface area contributed by atoms with E-state index in [1.54, 1.807) is 0 Å². The first kappa shape index (κ1) is 20.4. The molecule has 1 saturated heterocycles. The van der Waals surface area contributed by atoms with Gasteiger partial charge >= 0.3 is 0 Å². The Bertz CT molecular complexity index is 751. The minimum Gasteiger partial charge on any atom is -0.493 e. The summed E-state index contributed by atoms with van der Waals surface area (Å²) in [5.74, 6) is 1.52. The lowest BCUT2D eigenvalue weighted by molar-refractivity contribution is -0.130. The van der Waals surface area contributed by atoms with E-state index in [-0.39, 0.29) is 5.91 Å². The number of hydrogen-bond acceptors (Lipinski definition) is 3. The number of carbonyl (C=O) groups excluding carboxylic acids is 1. The monoisotopic (exact) mass is 381 g/mol. The van der Waals surface area contributed by atoms with Crippen LogP contribution < -0.4 is 10.1 Å². The maximum Gasteiger partial charge on any atom is 0.231 e. The standard InChI is InChI=1S/C24H31NO3/c1-19(2)12-15-28-22-11-7-6-8-20(22)18-25-23(26)24(13-16-27-17-14-24)21-9-4-3-5-10-21/h3-11,19H,12-18H2,1-2H3,(H,25,26). The number of nitrogens with one attached hydrogen (secondary N) is 1. The number of benzene rings is 2. The molecule has 28 heavy (non-hydrogen) atoms. The first-order chi connectivity index (χ1) is 13.6. The molecule has 0 radical (unpaired) electrons. The molecule has 0 spiro atoms. The van der Waals surface area contributed by atoms with Crippen LogP contribution in [0.15, 0.2) is 54.6 Å². The molecule has 2 aromatic carbocycles. The van der Waals surface area contributed by atoms with Gasteiger partial charge < -0.3 is 14.8 Å². The third-order valence-corrected chi connectivity index (χ3v) is 5.47. The van der Waals surface area contributed by atoms with Gasteiger partial charge in [0, 0.05) is 25.3 Å². The van der Waals surface area contributed by atoms with Crippen LogP contribution in [0.2, 0.25) is 0 Å². The summed E-state index contributed by atoms with van der Waals surface area (Å²) in [6.45, 7) is 6.74. The van der Waals surface area contributed by atoms with Gasteiger partial charge in [-0.3, -0.25) is 4.79 Å². The Morgan fingerprint density at radius 1 is 1.07 bits per heavy atom. The van der Waals surface area contributed by atoms with E-state index in [1.807, 2.05) is 54.6 Å². The van der Waals surface area contributed by atoms with E-state index in [0.29, 0.717) is 45.1 Å². The normalized spacial score (nSPS) is 16.0. The molecular formula is C24H31NO3. The summed E-state index contributed by atoms with van der Waals surface area (Å²) in [5, 5.41) is 3.17. The van der Waals surface area contributed by atoms with Crippen LogP contribution in [-0.4, -0.2) is 25.7 Å². The summed E-state index contributed by atoms with van der Waals surface area (Å²) in [6.07, 6.45) is 2.42. The maximum absolute atomic E-state index is 13.3. The molecule has 1 N–H and O–H groups in total. The highest BCUT2D eigenvalue weighted by Gasteiger charge is 2.41. The second-order valence-corrected chi connectivity index (χ2v) is 7.88. The number of carbonyl (C=O) groups is 1. The van der Waals surface area contributed by atoms with Crippen molar-refractivity contribution in [2.45, 2.75) is 45.1 Å². The van der Waals surface area contributed by atoms with Crippen molar-refractivity contribution in [1.82, 2.24) is 5.32 Å². The topological polar surface area (TPSA) is 47.6 Å². The Morgan fingerprint density at radius 3 is 2.46 bits per heavy atom. The summed E-state index contributed by atoms with van der Waals surface area (Å²) in [5.41, 5.74) is 1.56. The molecule has 1 fully saturated rings. The summed E-state index contributed by atoms with van der Waals surface area (Å²) in [6, 6.07) is 18.0. The molecule has 1 aliphatic heterocycles. The number of ether oxygens (including phenoxy) is 2. The van der Waals surface area contributed by atoms with Gasteiger partial charge in [0.1, 0.15) is 5.75 Å². The Balaban J connectivity index is 1.70. The van der Waals surface area contributed by atoms with Crippen molar-refractivity contribution in [1.29, 1.82) is 0 Å². The highest BCUT2D eigenvalue weighted by Crippen LogP contribution is 2.35. The van der Waals surface area contributed by atoms with Gasteiger partial charge in [0.2, 0.25) is 5.91 Å². The Morgan fingerprint density at radius 2 is 1.75 bits per heavy atom. The molecule has 0 saturated carbocycles. The van der Waals surface area contributed by atoms with Crippen molar-refractivity contribution < 1.29 is 14.3 Å². The second kappa shape index (κ2) is 9.74. The van der Waals surface area contributed by atoms with Crippen molar-refractivity contribution in [3.05, 3.63) is 65.7 Å². The molecular weight excluding hydrogens is 350 g/mol. The van der Waals surface area contributed by atoms with E-state index in [9.17, 15) is 4.79 Å². The van der Waals surface area contributed by atoms with E-state index in [1.165, 1.54) is 0 Å². The average molecular weight is 382 g/mol. The third-order valence-electron chi connectivity index (χ3n) is 5.47. The van der Waals surface area contributed by atoms with Crippen LogP contribution >= 0.6 is 0 Å². The first-order valence-electron chi connectivity index (χ1n) is 10.2. The molecule has 2 aromatic rings. The van der Waals surface area contributed by atoms with Crippen molar-refractivity contribution in [2.75, 3.05) is 19.8 Å². The number of amides is 1. The lowest BCUT2D eigenvalue weighted by atomic mass is 9.73. The minimum atomic E-state index is -0.521. The molecule has 1 heterocycles. The Labute approximate surface area is 168 Å². The minimum absolute atomic E-state index is 0.0685. The first-order valence-corrected chi connectivity index (χ1v) is 10.2. The molecule has 150 valence electrons. The molecule has 0 aromatic heterocycles. The van der Waals surface area contributed by atoms with Gasteiger partial charge in [0.15, 0.2) is 0 Å². The number of para-hydroxylation sites is 1. The molecule has 0 atom stereocenters. The van der Waals surface area contributed by atoms with Crippen LogP contribution in [0.5, 0.6) is 5.75 Å². The summed E-state index contributed by atoms with van der Waals surface area (Å²) in [7, 11) is 0. The van der Waals surface area contributed by atoms with Crippen molar-refractivity contribution in [2.24, 2.45) is 5.92 Å². The predicted molar refractivity (Wildman–Crippen MR) is 111 cm³/mol. The summed E-state index contributed by atoms with van der Waals surface area (Å²) in [4.78, 5) is 13.3. The quantitative estimate of drug-likeness (QED) is 0.734. The van der Waals surface area contributed by atoms with Crippen LogP contribution in [0.1, 0.15) is 44.2 Å². The van der Waals surface area contributed by atoms with Gasteiger partial charge in [-0.1, -0.05) is 62.4 Å². The van der Waals surface area contributed by atoms with E-state index in [0.717, 1.165) is 23.3 Å². The lowest BCUT2D eigenvalue weighted by Crippen LogP contribution is -2.47. The molecule has 1 aliphatic rings. The zero-order valence-electron chi connectivity index (χ0n) is 16.9. The fourth-order valence-electron chi connectivity index (χ4n) is 3.66. The molecule has 3 rings (SSSR count). The molecule has 4 heteroatoms. The second-order valence-electron chi connectivity index (χ2n) is 7.88. The van der Waals surface area contributed by atoms with E-state index < -0.39 is 5.41 Å². The Kier molecular flexibility index (Phi) is 7.10. The highest BCUT2D eigenvalue weighted by atomic mass is 16.5. The number of hydrogen-bond donors (Lipinski definition) is 1. The van der Waals surface area contributed by atoms with Crippen molar-refractivity contribution >= 4 is 5.91 Å². The predicted octanol–water partition coefficient (Wildman–Crippen LogP) is 4.48. The van der Waals surface area contributed by atoms with Crippen molar-refractivity contribution in [3.8, 4) is 5.75 Å². The van der Waals surface area contributed by atoms with Gasteiger partial charge in [0.05, 0.1) is 12.0 Å². The van der Waals surface area contributed by atoms with Crippen molar-refractivity contribution in [3.63, 3.8) is 0 Å². The molecule has 4 nitrogen and oxygen atoms in total. The van der Waals surface area contributed by atoms with Gasteiger partial charge in [-0.05, 0) is 36.8 Å². The summed E-state index contributed by atoms with van der Waals surface area (Å²) < 4.78 is 11.5. The summed E-state index contributed by atoms with van der Waals surface area (Å²) >= 11 is 0. The SMILES string of the molecule is CC(C)CCOc1ccccc1CNC(=O)C1(c2ccccc2)CCOCC1. The van der Waals surface area contributed by atoms with E-state index in [2.05, 4.69) is 19.2 Å². The zero-order chi connectivity index (χ0) is 19.8. The van der Waals surface area contributed by atoms with E-state index >= 15 is 0 Å². The fourth-order valence-corrected chi connectivity index (χ4v) is 3.66. The maximum atomic E-state index is 13.3. The molecule has 0 aliphatic carbocycles. The number of rotatable bonds is 8.